The quantitative estimate of drug-likeness (QED) is 0.464. The van der Waals surface area contributed by atoms with E-state index in [1.165, 1.54) is 0 Å². The van der Waals surface area contributed by atoms with Crippen molar-refractivity contribution in [1.29, 1.82) is 0 Å². The van der Waals surface area contributed by atoms with Crippen LogP contribution in [0.2, 0.25) is 0 Å². The zero-order valence-corrected chi connectivity index (χ0v) is 9.55. The van der Waals surface area contributed by atoms with Crippen molar-refractivity contribution < 1.29 is 4.79 Å². The van der Waals surface area contributed by atoms with Crippen molar-refractivity contribution in [2.75, 3.05) is 0 Å². The van der Waals surface area contributed by atoms with Crippen molar-refractivity contribution in [2.24, 2.45) is 0 Å². The van der Waals surface area contributed by atoms with Gasteiger partial charge in [0.2, 0.25) is 0 Å². The number of carbonyl (C=O) groups is 1. The van der Waals surface area contributed by atoms with Gasteiger partial charge < -0.3 is 0 Å². The second kappa shape index (κ2) is 3.26. The molecule has 1 heterocycles. The Labute approximate surface area is 104 Å². The van der Waals surface area contributed by atoms with E-state index < -0.39 is 0 Å². The van der Waals surface area contributed by atoms with Crippen LogP contribution in [0.1, 0.15) is 15.9 Å². The number of fused-ring (bicyclic) bond motifs is 5. The second-order valence-corrected chi connectivity index (χ2v) is 4.42. The number of nitrogens with zero attached hydrogens (tertiary/aromatic N) is 1. The molecule has 2 nitrogen and oxygen atoms in total. The topological polar surface area (TPSA) is 30.0 Å². The SMILES string of the molecule is O=C1c2ccccc2-c2nc3cccccc-3c21. The van der Waals surface area contributed by atoms with Crippen LogP contribution in [0.4, 0.5) is 0 Å². The standard InChI is InChI=1S/C16H9NO/c18-16-11-7-5-4-6-10(11)15-14(16)12-8-2-1-3-9-13(12)17-15/h1-9H. The van der Waals surface area contributed by atoms with Crippen LogP contribution >= 0.6 is 0 Å². The molecule has 84 valence electrons. The van der Waals surface area contributed by atoms with E-state index in [9.17, 15) is 4.79 Å². The second-order valence-electron chi connectivity index (χ2n) is 4.42. The Morgan fingerprint density at radius 1 is 0.722 bits per heavy atom. The maximum Gasteiger partial charge on any atom is 0.196 e. The van der Waals surface area contributed by atoms with Gasteiger partial charge in [0.25, 0.3) is 0 Å². The first kappa shape index (κ1) is 9.54. The molecule has 1 aliphatic heterocycles. The molecule has 1 aromatic carbocycles. The van der Waals surface area contributed by atoms with Gasteiger partial charge in [-0.15, -0.1) is 0 Å². The molecule has 0 fully saturated rings. The highest BCUT2D eigenvalue weighted by Crippen LogP contribution is 2.42. The molecule has 2 aliphatic carbocycles. The minimum absolute atomic E-state index is 0.0919. The van der Waals surface area contributed by atoms with Gasteiger partial charge in [0.05, 0.1) is 17.0 Å². The van der Waals surface area contributed by atoms with Crippen LogP contribution in [0.5, 0.6) is 0 Å². The monoisotopic (exact) mass is 231 g/mol. The minimum Gasteiger partial charge on any atom is -0.288 e. The van der Waals surface area contributed by atoms with Crippen LogP contribution in [0.3, 0.4) is 0 Å². The van der Waals surface area contributed by atoms with Crippen molar-refractivity contribution in [2.45, 2.75) is 0 Å². The summed E-state index contributed by atoms with van der Waals surface area (Å²) in [6.07, 6.45) is 0. The summed E-state index contributed by atoms with van der Waals surface area (Å²) in [4.78, 5) is 17.0. The third-order valence-corrected chi connectivity index (χ3v) is 3.41. The van der Waals surface area contributed by atoms with Gasteiger partial charge in [0.1, 0.15) is 0 Å². The fraction of sp³-hybridized carbons (Fsp3) is 0. The molecule has 0 amide bonds. The van der Waals surface area contributed by atoms with Crippen LogP contribution in [-0.2, 0) is 0 Å². The molecule has 2 heteroatoms. The maximum atomic E-state index is 12.4. The van der Waals surface area contributed by atoms with Gasteiger partial charge in [-0.2, -0.15) is 0 Å². The fourth-order valence-corrected chi connectivity index (χ4v) is 2.60. The van der Waals surface area contributed by atoms with Crippen LogP contribution < -0.4 is 0 Å². The molecule has 0 unspecified atom stereocenters. The smallest absolute Gasteiger partial charge is 0.196 e. The van der Waals surface area contributed by atoms with E-state index in [0.717, 1.165) is 33.6 Å². The highest BCUT2D eigenvalue weighted by atomic mass is 16.1. The lowest BCUT2D eigenvalue weighted by atomic mass is 10.1. The first-order chi connectivity index (χ1) is 8.86. The fourth-order valence-electron chi connectivity index (χ4n) is 2.60. The van der Waals surface area contributed by atoms with Crippen molar-refractivity contribution >= 4 is 5.78 Å². The summed E-state index contributed by atoms with van der Waals surface area (Å²) in [6.45, 7) is 0. The summed E-state index contributed by atoms with van der Waals surface area (Å²) in [5.41, 5.74) is 5.13. The number of carbonyl (C=O) groups excluding carboxylic acids is 1. The van der Waals surface area contributed by atoms with Gasteiger partial charge in [-0.05, 0) is 6.07 Å². The van der Waals surface area contributed by atoms with Gasteiger partial charge in [-0.25, -0.2) is 4.98 Å². The Morgan fingerprint density at radius 3 is 2.28 bits per heavy atom. The summed E-state index contributed by atoms with van der Waals surface area (Å²) in [7, 11) is 0. The molecule has 4 rings (SSSR count). The van der Waals surface area contributed by atoms with Crippen molar-refractivity contribution in [3.63, 3.8) is 0 Å². The third-order valence-electron chi connectivity index (χ3n) is 3.41. The molecular weight excluding hydrogens is 222 g/mol. The molecule has 0 N–H and O–H groups in total. The normalized spacial score (nSPS) is 12.6. The predicted molar refractivity (Wildman–Crippen MR) is 69.7 cm³/mol. The number of hydrogen-bond acceptors (Lipinski definition) is 2. The lowest BCUT2D eigenvalue weighted by Crippen LogP contribution is -1.95. The van der Waals surface area contributed by atoms with Gasteiger partial charge in [-0.3, -0.25) is 4.79 Å². The van der Waals surface area contributed by atoms with E-state index in [1.807, 2.05) is 54.6 Å². The zero-order chi connectivity index (χ0) is 12.1. The average Bonchev–Trinajstić information content (AvgIpc) is 2.78. The van der Waals surface area contributed by atoms with Gasteiger partial charge in [0.15, 0.2) is 5.78 Å². The lowest BCUT2D eigenvalue weighted by Gasteiger charge is -1.97. The number of hydrogen-bond donors (Lipinski definition) is 0. The van der Waals surface area contributed by atoms with E-state index in [1.54, 1.807) is 0 Å². The minimum atomic E-state index is 0.0919. The molecular formula is C16H9NO. The van der Waals surface area contributed by atoms with Crippen molar-refractivity contribution in [1.82, 2.24) is 4.98 Å². The number of aromatic nitrogens is 1. The number of rotatable bonds is 0. The van der Waals surface area contributed by atoms with Crippen molar-refractivity contribution in [3.05, 3.63) is 65.7 Å². The molecule has 0 bridgehead atoms. The molecule has 0 saturated carbocycles. The van der Waals surface area contributed by atoms with Gasteiger partial charge >= 0.3 is 0 Å². The molecule has 18 heavy (non-hydrogen) atoms. The summed E-state index contributed by atoms with van der Waals surface area (Å²) >= 11 is 0. The zero-order valence-electron chi connectivity index (χ0n) is 9.55. The van der Waals surface area contributed by atoms with E-state index in [2.05, 4.69) is 4.98 Å². The summed E-state index contributed by atoms with van der Waals surface area (Å²) < 4.78 is 0. The molecule has 0 spiro atoms. The Bertz CT molecular complexity index is 761. The lowest BCUT2D eigenvalue weighted by molar-refractivity contribution is 0.104. The van der Waals surface area contributed by atoms with E-state index in [4.69, 9.17) is 0 Å². The van der Waals surface area contributed by atoms with Gasteiger partial charge in [-0.1, -0.05) is 48.5 Å². The Kier molecular flexibility index (Phi) is 1.73. The summed E-state index contributed by atoms with van der Waals surface area (Å²) in [5, 5.41) is 0. The Balaban J connectivity index is 2.14. The van der Waals surface area contributed by atoms with Crippen LogP contribution in [0, 0.1) is 0 Å². The van der Waals surface area contributed by atoms with E-state index in [-0.39, 0.29) is 5.78 Å². The molecule has 0 radical (unpaired) electrons. The number of ketones is 1. The molecule has 0 aromatic heterocycles. The average molecular weight is 231 g/mol. The first-order valence-electron chi connectivity index (χ1n) is 5.89. The molecule has 3 aliphatic rings. The predicted octanol–water partition coefficient (Wildman–Crippen LogP) is 3.40. The van der Waals surface area contributed by atoms with E-state index >= 15 is 0 Å². The van der Waals surface area contributed by atoms with Crippen LogP contribution in [-0.4, -0.2) is 10.8 Å². The van der Waals surface area contributed by atoms with Crippen molar-refractivity contribution in [3.8, 4) is 22.5 Å². The highest BCUT2D eigenvalue weighted by Gasteiger charge is 2.32. The molecule has 0 atom stereocenters. The molecule has 0 saturated heterocycles. The summed E-state index contributed by atoms with van der Waals surface area (Å²) in [6, 6.07) is 17.4. The van der Waals surface area contributed by atoms with Crippen LogP contribution in [0.25, 0.3) is 22.5 Å². The highest BCUT2D eigenvalue weighted by molar-refractivity contribution is 6.24. The van der Waals surface area contributed by atoms with Crippen LogP contribution in [0.15, 0.2) is 54.6 Å². The Morgan fingerprint density at radius 2 is 1.39 bits per heavy atom. The Hall–Kier alpha value is -2.48. The summed E-state index contributed by atoms with van der Waals surface area (Å²) in [5.74, 6) is 0.0919. The largest absolute Gasteiger partial charge is 0.288 e. The van der Waals surface area contributed by atoms with Gasteiger partial charge in [0, 0.05) is 16.7 Å². The van der Waals surface area contributed by atoms with E-state index in [0.29, 0.717) is 0 Å². The maximum absolute atomic E-state index is 12.4. The molecule has 1 aromatic rings. The number of benzene rings is 1. The first-order valence-corrected chi connectivity index (χ1v) is 5.89. The third kappa shape index (κ3) is 1.07.